The molecule has 1 heterocycles. The minimum atomic E-state index is -3.58. The molecule has 6 nitrogen and oxygen atoms in total. The summed E-state index contributed by atoms with van der Waals surface area (Å²) in [5.74, 6) is 1.37. The molecule has 0 aliphatic rings. The Morgan fingerprint density at radius 2 is 2.14 bits per heavy atom. The van der Waals surface area contributed by atoms with Crippen molar-refractivity contribution in [2.75, 3.05) is 6.61 Å². The highest BCUT2D eigenvalue weighted by Gasteiger charge is 2.16. The Morgan fingerprint density at radius 1 is 1.33 bits per heavy atom. The summed E-state index contributed by atoms with van der Waals surface area (Å²) in [5, 5.41) is 0.0836. The van der Waals surface area contributed by atoms with Crippen LogP contribution in [0.5, 0.6) is 5.75 Å². The van der Waals surface area contributed by atoms with Crippen molar-refractivity contribution in [2.24, 2.45) is 0 Å². The Hall–Kier alpha value is -1.86. The van der Waals surface area contributed by atoms with Crippen LogP contribution in [-0.2, 0) is 23.0 Å². The third-order valence-electron chi connectivity index (χ3n) is 2.91. The number of sulfonamides is 1. The average Bonchev–Trinajstić information content (AvgIpc) is 2.96. The highest BCUT2D eigenvalue weighted by molar-refractivity contribution is 7.89. The second-order valence-corrected chi connectivity index (χ2v) is 6.19. The first kappa shape index (κ1) is 15.5. The monoisotopic (exact) mass is 309 g/mol. The van der Waals surface area contributed by atoms with Crippen molar-refractivity contribution in [3.63, 3.8) is 0 Å². The summed E-state index contributed by atoms with van der Waals surface area (Å²) >= 11 is 0. The number of ether oxygens (including phenoxy) is 1. The molecular formula is C14H19N3O3S. The van der Waals surface area contributed by atoms with Crippen LogP contribution in [-0.4, -0.2) is 25.0 Å². The van der Waals surface area contributed by atoms with E-state index < -0.39 is 10.0 Å². The van der Waals surface area contributed by atoms with Gasteiger partial charge in [-0.1, -0.05) is 19.1 Å². The number of hydrogen-bond donors (Lipinski definition) is 2. The molecule has 1 aromatic heterocycles. The fraction of sp³-hybridized carbons (Fsp3) is 0.357. The molecule has 0 saturated carbocycles. The molecule has 0 unspecified atom stereocenters. The average molecular weight is 309 g/mol. The zero-order valence-corrected chi connectivity index (χ0v) is 12.9. The summed E-state index contributed by atoms with van der Waals surface area (Å²) in [6, 6.07) is 7.33. The molecule has 114 valence electrons. The first-order valence-corrected chi connectivity index (χ1v) is 8.28. The summed E-state index contributed by atoms with van der Waals surface area (Å²) < 4.78 is 32.2. The van der Waals surface area contributed by atoms with Gasteiger partial charge < -0.3 is 9.72 Å². The summed E-state index contributed by atoms with van der Waals surface area (Å²) in [4.78, 5) is 6.78. The Bertz CT molecular complexity index is 695. The van der Waals surface area contributed by atoms with Crippen molar-refractivity contribution in [2.45, 2.75) is 31.8 Å². The Labute approximate surface area is 124 Å². The van der Waals surface area contributed by atoms with Crippen molar-refractivity contribution in [3.05, 3.63) is 41.9 Å². The lowest BCUT2D eigenvalue weighted by molar-refractivity contribution is 0.340. The normalized spacial score (nSPS) is 11.5. The van der Waals surface area contributed by atoms with E-state index in [1.807, 2.05) is 38.1 Å². The third kappa shape index (κ3) is 4.05. The maximum Gasteiger partial charge on any atom is 0.257 e. The van der Waals surface area contributed by atoms with Gasteiger partial charge >= 0.3 is 0 Å². The summed E-state index contributed by atoms with van der Waals surface area (Å²) in [7, 11) is -3.58. The topological polar surface area (TPSA) is 84.1 Å². The van der Waals surface area contributed by atoms with Crippen molar-refractivity contribution in [1.82, 2.24) is 14.7 Å². The standard InChI is InChI=1S/C14H19N3O3S/c1-3-13-15-10-14(17-13)21(18,19)16-9-11-6-5-7-12(8-11)20-4-2/h5-8,10,16H,3-4,9H2,1-2H3,(H,15,17). The molecule has 0 aliphatic carbocycles. The molecule has 0 bridgehead atoms. The van der Waals surface area contributed by atoms with Crippen LogP contribution >= 0.6 is 0 Å². The van der Waals surface area contributed by atoms with Gasteiger partial charge in [0.15, 0.2) is 5.03 Å². The Kier molecular flexibility index (Phi) is 4.98. The molecule has 21 heavy (non-hydrogen) atoms. The second-order valence-electron chi connectivity index (χ2n) is 4.45. The molecule has 0 spiro atoms. The van der Waals surface area contributed by atoms with Crippen molar-refractivity contribution in [3.8, 4) is 5.75 Å². The number of rotatable bonds is 7. The molecule has 2 rings (SSSR count). The first-order valence-electron chi connectivity index (χ1n) is 6.80. The number of benzene rings is 1. The van der Waals surface area contributed by atoms with Gasteiger partial charge in [0, 0.05) is 13.0 Å². The molecule has 0 aliphatic heterocycles. The third-order valence-corrected chi connectivity index (χ3v) is 4.22. The van der Waals surface area contributed by atoms with E-state index in [1.54, 1.807) is 0 Å². The fourth-order valence-electron chi connectivity index (χ4n) is 1.83. The van der Waals surface area contributed by atoms with Crippen LogP contribution in [0.25, 0.3) is 0 Å². The fourth-order valence-corrected chi connectivity index (χ4v) is 2.78. The molecule has 7 heteroatoms. The van der Waals surface area contributed by atoms with E-state index in [2.05, 4.69) is 14.7 Å². The van der Waals surface area contributed by atoms with Gasteiger partial charge in [-0.05, 0) is 24.6 Å². The van der Waals surface area contributed by atoms with Gasteiger partial charge in [-0.15, -0.1) is 0 Å². The van der Waals surface area contributed by atoms with Crippen molar-refractivity contribution in [1.29, 1.82) is 0 Å². The minimum Gasteiger partial charge on any atom is -0.494 e. The highest BCUT2D eigenvalue weighted by Crippen LogP contribution is 2.14. The smallest absolute Gasteiger partial charge is 0.257 e. The van der Waals surface area contributed by atoms with Gasteiger partial charge in [-0.25, -0.2) is 18.1 Å². The van der Waals surface area contributed by atoms with E-state index in [4.69, 9.17) is 4.74 Å². The number of aromatic amines is 1. The zero-order chi connectivity index (χ0) is 15.3. The lowest BCUT2D eigenvalue weighted by Crippen LogP contribution is -2.23. The molecule has 0 saturated heterocycles. The van der Waals surface area contributed by atoms with E-state index in [0.717, 1.165) is 11.3 Å². The summed E-state index contributed by atoms with van der Waals surface area (Å²) in [5.41, 5.74) is 0.833. The van der Waals surface area contributed by atoms with Gasteiger partial charge in [-0.2, -0.15) is 0 Å². The Morgan fingerprint density at radius 3 is 2.81 bits per heavy atom. The van der Waals surface area contributed by atoms with E-state index in [-0.39, 0.29) is 11.6 Å². The number of aromatic nitrogens is 2. The quantitative estimate of drug-likeness (QED) is 0.817. The molecule has 0 fully saturated rings. The van der Waals surface area contributed by atoms with E-state index in [1.165, 1.54) is 6.20 Å². The predicted molar refractivity (Wildman–Crippen MR) is 79.6 cm³/mol. The van der Waals surface area contributed by atoms with Crippen LogP contribution in [0.3, 0.4) is 0 Å². The predicted octanol–water partition coefficient (Wildman–Crippen LogP) is 1.85. The molecule has 2 N–H and O–H groups in total. The molecule has 0 atom stereocenters. The maximum absolute atomic E-state index is 12.1. The van der Waals surface area contributed by atoms with Crippen LogP contribution < -0.4 is 9.46 Å². The molecule has 2 aromatic rings. The van der Waals surface area contributed by atoms with Crippen LogP contribution in [0.2, 0.25) is 0 Å². The number of nitrogens with one attached hydrogen (secondary N) is 2. The molecule has 0 amide bonds. The van der Waals surface area contributed by atoms with Crippen LogP contribution in [0.4, 0.5) is 0 Å². The van der Waals surface area contributed by atoms with E-state index in [0.29, 0.717) is 18.9 Å². The van der Waals surface area contributed by atoms with Crippen molar-refractivity contribution < 1.29 is 13.2 Å². The summed E-state index contributed by atoms with van der Waals surface area (Å²) in [6.07, 6.45) is 1.99. The molecular weight excluding hydrogens is 290 g/mol. The van der Waals surface area contributed by atoms with Gasteiger partial charge in [0.05, 0.1) is 12.8 Å². The lowest BCUT2D eigenvalue weighted by atomic mass is 10.2. The first-order chi connectivity index (χ1) is 10.0. The number of nitrogens with zero attached hydrogens (tertiary/aromatic N) is 1. The zero-order valence-electron chi connectivity index (χ0n) is 12.1. The SMILES string of the molecule is CCOc1cccc(CNS(=O)(=O)c2cnc(CC)[nH]2)c1. The number of hydrogen-bond acceptors (Lipinski definition) is 4. The summed E-state index contributed by atoms with van der Waals surface area (Å²) in [6.45, 7) is 4.58. The van der Waals surface area contributed by atoms with Gasteiger partial charge in [0.25, 0.3) is 10.0 Å². The highest BCUT2D eigenvalue weighted by atomic mass is 32.2. The van der Waals surface area contributed by atoms with Crippen molar-refractivity contribution >= 4 is 10.0 Å². The van der Waals surface area contributed by atoms with Gasteiger partial charge in [0.2, 0.25) is 0 Å². The number of H-pyrrole nitrogens is 1. The lowest BCUT2D eigenvalue weighted by Gasteiger charge is -2.07. The van der Waals surface area contributed by atoms with Crippen LogP contribution in [0.15, 0.2) is 35.5 Å². The van der Waals surface area contributed by atoms with Gasteiger partial charge in [0.1, 0.15) is 11.6 Å². The number of aryl methyl sites for hydroxylation is 1. The van der Waals surface area contributed by atoms with E-state index in [9.17, 15) is 8.42 Å². The molecule has 1 aromatic carbocycles. The maximum atomic E-state index is 12.1. The van der Waals surface area contributed by atoms with Crippen LogP contribution in [0, 0.1) is 0 Å². The minimum absolute atomic E-state index is 0.0836. The Balaban J connectivity index is 2.06. The van der Waals surface area contributed by atoms with Crippen LogP contribution in [0.1, 0.15) is 25.2 Å². The second kappa shape index (κ2) is 6.73. The largest absolute Gasteiger partial charge is 0.494 e. The molecule has 0 radical (unpaired) electrons. The van der Waals surface area contributed by atoms with E-state index >= 15 is 0 Å². The number of imidazole rings is 1. The van der Waals surface area contributed by atoms with Gasteiger partial charge in [-0.3, -0.25) is 0 Å².